The molecule has 0 aromatic rings. The molecule has 0 fully saturated rings. The molecule has 1 aliphatic rings. The molecule has 0 bridgehead atoms. The largest absolute Gasteiger partial charge is 0.479 e. The molecule has 0 atom stereocenters. The first kappa shape index (κ1) is 13.3. The summed E-state index contributed by atoms with van der Waals surface area (Å²) >= 11 is 0. The van der Waals surface area contributed by atoms with E-state index < -0.39 is 17.7 Å². The molecule has 0 spiro atoms. The van der Waals surface area contributed by atoms with Crippen LogP contribution in [0.4, 0.5) is 9.59 Å². The number of hydrogen-bond donors (Lipinski definition) is 1. The molecule has 17 heavy (non-hydrogen) atoms. The summed E-state index contributed by atoms with van der Waals surface area (Å²) in [4.78, 5) is 23.1. The SMILES string of the molecule is CCOC1=NN(C(=O)OC(C)(C)C)C(=O)NC1. The van der Waals surface area contributed by atoms with E-state index in [0.717, 1.165) is 0 Å². The lowest BCUT2D eigenvalue weighted by molar-refractivity contribution is 0.0311. The lowest BCUT2D eigenvalue weighted by atomic mass is 10.2. The number of hydrogen-bond acceptors (Lipinski definition) is 5. The standard InChI is InChI=1S/C10H17N3O4/c1-5-16-7-6-11-8(14)13(12-7)9(15)17-10(2,3)4/h5-6H2,1-4H3,(H,11,14). The van der Waals surface area contributed by atoms with E-state index in [2.05, 4.69) is 10.4 Å². The maximum Gasteiger partial charge on any atom is 0.439 e. The van der Waals surface area contributed by atoms with Crippen molar-refractivity contribution >= 4 is 18.0 Å². The normalized spacial score (nSPS) is 16.1. The van der Waals surface area contributed by atoms with Crippen molar-refractivity contribution in [2.75, 3.05) is 13.2 Å². The van der Waals surface area contributed by atoms with Gasteiger partial charge in [0.1, 0.15) is 5.60 Å². The van der Waals surface area contributed by atoms with Gasteiger partial charge in [0.05, 0.1) is 13.2 Å². The molecule has 0 aromatic carbocycles. The van der Waals surface area contributed by atoms with Crippen molar-refractivity contribution in [3.8, 4) is 0 Å². The Hall–Kier alpha value is -1.79. The van der Waals surface area contributed by atoms with E-state index in [1.165, 1.54) is 0 Å². The van der Waals surface area contributed by atoms with Crippen LogP contribution in [0.2, 0.25) is 0 Å². The zero-order chi connectivity index (χ0) is 13.1. The highest BCUT2D eigenvalue weighted by atomic mass is 16.6. The number of ether oxygens (including phenoxy) is 2. The number of rotatable bonds is 1. The van der Waals surface area contributed by atoms with Gasteiger partial charge in [-0.05, 0) is 27.7 Å². The van der Waals surface area contributed by atoms with Gasteiger partial charge in [0.2, 0.25) is 5.90 Å². The summed E-state index contributed by atoms with van der Waals surface area (Å²) in [5, 5.41) is 6.87. The van der Waals surface area contributed by atoms with Gasteiger partial charge in [-0.3, -0.25) is 0 Å². The Labute approximate surface area is 99.7 Å². The number of hydrazone groups is 1. The van der Waals surface area contributed by atoms with E-state index in [4.69, 9.17) is 9.47 Å². The maximum absolute atomic E-state index is 11.7. The smallest absolute Gasteiger partial charge is 0.439 e. The second kappa shape index (κ2) is 5.03. The average Bonchev–Trinajstić information content (AvgIpc) is 2.18. The molecule has 7 nitrogen and oxygen atoms in total. The summed E-state index contributed by atoms with van der Waals surface area (Å²) in [5.74, 6) is 0.276. The number of urea groups is 1. The third-order valence-electron chi connectivity index (χ3n) is 1.67. The molecule has 0 saturated carbocycles. The summed E-state index contributed by atoms with van der Waals surface area (Å²) < 4.78 is 10.2. The van der Waals surface area contributed by atoms with Crippen molar-refractivity contribution in [1.29, 1.82) is 0 Å². The van der Waals surface area contributed by atoms with Gasteiger partial charge in [0.15, 0.2) is 0 Å². The number of imide groups is 1. The summed E-state index contributed by atoms with van der Waals surface area (Å²) in [6, 6.07) is -0.622. The first-order chi connectivity index (χ1) is 7.83. The lowest BCUT2D eigenvalue weighted by Gasteiger charge is -2.26. The molecule has 0 saturated heterocycles. The zero-order valence-corrected chi connectivity index (χ0v) is 10.4. The van der Waals surface area contributed by atoms with Crippen LogP contribution in [0.3, 0.4) is 0 Å². The molecule has 0 aromatic heterocycles. The topological polar surface area (TPSA) is 80.2 Å². The quantitative estimate of drug-likeness (QED) is 0.752. The zero-order valence-electron chi connectivity index (χ0n) is 10.4. The van der Waals surface area contributed by atoms with Gasteiger partial charge in [-0.25, -0.2) is 9.59 Å². The van der Waals surface area contributed by atoms with Gasteiger partial charge in [0.25, 0.3) is 0 Å². The number of nitrogens with zero attached hydrogens (tertiary/aromatic N) is 2. The molecule has 3 amide bonds. The third kappa shape index (κ3) is 3.93. The molecule has 1 aliphatic heterocycles. The third-order valence-corrected chi connectivity index (χ3v) is 1.67. The van der Waals surface area contributed by atoms with Crippen molar-refractivity contribution in [3.05, 3.63) is 0 Å². The monoisotopic (exact) mass is 243 g/mol. The van der Waals surface area contributed by atoms with Crippen molar-refractivity contribution in [3.63, 3.8) is 0 Å². The van der Waals surface area contributed by atoms with E-state index in [0.29, 0.717) is 11.6 Å². The van der Waals surface area contributed by atoms with Crippen molar-refractivity contribution < 1.29 is 19.1 Å². The fraction of sp³-hybridized carbons (Fsp3) is 0.700. The van der Waals surface area contributed by atoms with Crippen LogP contribution in [0.5, 0.6) is 0 Å². The molecule has 1 N–H and O–H groups in total. The predicted octanol–water partition coefficient (Wildman–Crippen LogP) is 1.30. The van der Waals surface area contributed by atoms with Crippen LogP contribution >= 0.6 is 0 Å². The van der Waals surface area contributed by atoms with Gasteiger partial charge in [0, 0.05) is 0 Å². The van der Waals surface area contributed by atoms with Gasteiger partial charge >= 0.3 is 12.1 Å². The Morgan fingerprint density at radius 2 is 2.18 bits per heavy atom. The lowest BCUT2D eigenvalue weighted by Crippen LogP contribution is -2.49. The highest BCUT2D eigenvalue weighted by molar-refractivity contribution is 5.97. The molecular formula is C10H17N3O4. The Bertz CT molecular complexity index is 346. The molecule has 1 heterocycles. The van der Waals surface area contributed by atoms with Crippen molar-refractivity contribution in [2.24, 2.45) is 5.10 Å². The molecule has 7 heteroatoms. The summed E-state index contributed by atoms with van der Waals surface area (Å²) in [6.45, 7) is 7.50. The van der Waals surface area contributed by atoms with Gasteiger partial charge in [-0.1, -0.05) is 0 Å². The second-order valence-electron chi connectivity index (χ2n) is 4.38. The second-order valence-corrected chi connectivity index (χ2v) is 4.38. The number of carbonyl (C=O) groups is 2. The minimum Gasteiger partial charge on any atom is -0.479 e. The van der Waals surface area contributed by atoms with Crippen LogP contribution < -0.4 is 5.32 Å². The average molecular weight is 243 g/mol. The fourth-order valence-electron chi connectivity index (χ4n) is 1.09. The van der Waals surface area contributed by atoms with Gasteiger partial charge in [-0.2, -0.15) is 0 Å². The van der Waals surface area contributed by atoms with Crippen LogP contribution in [-0.2, 0) is 9.47 Å². The number of carbonyl (C=O) groups excluding carboxylic acids is 2. The highest BCUT2D eigenvalue weighted by Crippen LogP contribution is 2.11. The summed E-state index contributed by atoms with van der Waals surface area (Å²) in [5.41, 5.74) is -0.684. The summed E-state index contributed by atoms with van der Waals surface area (Å²) in [6.07, 6.45) is -0.827. The van der Waals surface area contributed by atoms with Crippen molar-refractivity contribution in [2.45, 2.75) is 33.3 Å². The molecule has 0 aliphatic carbocycles. The van der Waals surface area contributed by atoms with Crippen LogP contribution in [0.25, 0.3) is 0 Å². The Kier molecular flexibility index (Phi) is 3.93. The van der Waals surface area contributed by atoms with Crippen LogP contribution in [0, 0.1) is 0 Å². The van der Waals surface area contributed by atoms with Gasteiger partial charge in [-0.15, -0.1) is 10.1 Å². The fourth-order valence-corrected chi connectivity index (χ4v) is 1.09. The highest BCUT2D eigenvalue weighted by Gasteiger charge is 2.30. The predicted molar refractivity (Wildman–Crippen MR) is 60.5 cm³/mol. The molecule has 96 valence electrons. The minimum atomic E-state index is -0.827. The Balaban J connectivity index is 2.76. The van der Waals surface area contributed by atoms with Crippen LogP contribution in [-0.4, -0.2) is 41.8 Å². The first-order valence-electron chi connectivity index (χ1n) is 5.34. The first-order valence-corrected chi connectivity index (χ1v) is 5.34. The molecule has 0 radical (unpaired) electrons. The van der Waals surface area contributed by atoms with E-state index in [1.807, 2.05) is 0 Å². The number of amides is 3. The molecular weight excluding hydrogens is 226 g/mol. The Morgan fingerprint density at radius 1 is 1.53 bits per heavy atom. The van der Waals surface area contributed by atoms with E-state index in [9.17, 15) is 9.59 Å². The van der Waals surface area contributed by atoms with Gasteiger partial charge < -0.3 is 14.8 Å². The van der Waals surface area contributed by atoms with E-state index in [1.54, 1.807) is 27.7 Å². The van der Waals surface area contributed by atoms with Crippen LogP contribution in [0.15, 0.2) is 5.10 Å². The molecule has 0 unspecified atom stereocenters. The van der Waals surface area contributed by atoms with E-state index >= 15 is 0 Å². The maximum atomic E-state index is 11.7. The minimum absolute atomic E-state index is 0.173. The Morgan fingerprint density at radius 3 is 2.71 bits per heavy atom. The number of nitrogens with one attached hydrogen (secondary N) is 1. The molecule has 1 rings (SSSR count). The van der Waals surface area contributed by atoms with Crippen molar-refractivity contribution in [1.82, 2.24) is 10.3 Å². The summed E-state index contributed by atoms with van der Waals surface area (Å²) in [7, 11) is 0. The van der Waals surface area contributed by atoms with E-state index in [-0.39, 0.29) is 12.4 Å². The van der Waals surface area contributed by atoms with Crippen LogP contribution in [0.1, 0.15) is 27.7 Å².